The van der Waals surface area contributed by atoms with Crippen molar-refractivity contribution >= 4 is 34.9 Å². The molecule has 2 aromatic rings. The summed E-state index contributed by atoms with van der Waals surface area (Å²) >= 11 is 0.857. The quantitative estimate of drug-likeness (QED) is 0.551. The fourth-order valence-electron chi connectivity index (χ4n) is 4.29. The Bertz CT molecular complexity index is 1170. The first-order valence-electron chi connectivity index (χ1n) is 11.4. The number of imide groups is 1. The van der Waals surface area contributed by atoms with Crippen molar-refractivity contribution in [2.75, 3.05) is 34.4 Å². The van der Waals surface area contributed by atoms with Gasteiger partial charge < -0.3 is 19.5 Å². The standard InChI is InChI=1S/C26H28N2O6S/c1-32-20-12-16(13-21(33-2)23(20)34-3)14-22-25(30)28(26(31)35-22)11-10-27-24(29)19-9-8-17-6-4-5-7-18(17)15-19/h8-9,12-15H,4-7,10-11H2,1-3H3,(H,27,29)/b22-14-. The number of rotatable bonds is 8. The number of fused-ring (bicyclic) bond motifs is 1. The van der Waals surface area contributed by atoms with Crippen LogP contribution in [0.2, 0.25) is 0 Å². The molecule has 184 valence electrons. The Morgan fingerprint density at radius 1 is 1.00 bits per heavy atom. The van der Waals surface area contributed by atoms with Gasteiger partial charge in [-0.05, 0) is 84.5 Å². The molecule has 1 saturated heterocycles. The highest BCUT2D eigenvalue weighted by Crippen LogP contribution is 2.40. The summed E-state index contributed by atoms with van der Waals surface area (Å²) in [5.41, 5.74) is 3.77. The summed E-state index contributed by atoms with van der Waals surface area (Å²) in [4.78, 5) is 39.4. The number of ether oxygens (including phenoxy) is 3. The van der Waals surface area contributed by atoms with Crippen LogP contribution in [0.25, 0.3) is 6.08 Å². The largest absolute Gasteiger partial charge is 0.493 e. The molecule has 1 N–H and O–H groups in total. The summed E-state index contributed by atoms with van der Waals surface area (Å²) in [6.07, 6.45) is 5.98. The lowest BCUT2D eigenvalue weighted by atomic mass is 9.90. The first-order chi connectivity index (χ1) is 16.9. The second kappa shape index (κ2) is 10.9. The minimum atomic E-state index is -0.406. The molecule has 1 fully saturated rings. The van der Waals surface area contributed by atoms with Crippen LogP contribution >= 0.6 is 11.8 Å². The molecule has 0 unspecified atom stereocenters. The maximum Gasteiger partial charge on any atom is 0.293 e. The Hall–Kier alpha value is -3.46. The number of amides is 3. The highest BCUT2D eigenvalue weighted by atomic mass is 32.2. The lowest BCUT2D eigenvalue weighted by molar-refractivity contribution is -0.122. The average Bonchev–Trinajstić information content (AvgIpc) is 3.14. The number of thioether (sulfide) groups is 1. The number of carbonyl (C=O) groups is 3. The van der Waals surface area contributed by atoms with E-state index in [1.165, 1.54) is 38.9 Å². The predicted octanol–water partition coefficient (Wildman–Crippen LogP) is 4.06. The summed E-state index contributed by atoms with van der Waals surface area (Å²) < 4.78 is 16.0. The normalized spacial score (nSPS) is 16.3. The number of carbonyl (C=O) groups excluding carboxylic acids is 3. The van der Waals surface area contributed by atoms with Crippen LogP contribution in [-0.2, 0) is 17.6 Å². The van der Waals surface area contributed by atoms with Crippen molar-refractivity contribution in [3.63, 3.8) is 0 Å². The predicted molar refractivity (Wildman–Crippen MR) is 134 cm³/mol. The van der Waals surface area contributed by atoms with Gasteiger partial charge in [0.15, 0.2) is 11.5 Å². The summed E-state index contributed by atoms with van der Waals surface area (Å²) in [5.74, 6) is 0.717. The average molecular weight is 497 g/mol. The molecular weight excluding hydrogens is 468 g/mol. The van der Waals surface area contributed by atoms with E-state index in [2.05, 4.69) is 5.32 Å². The SMILES string of the molecule is COc1cc(/C=C2\SC(=O)N(CCNC(=O)c3ccc4c(c3)CCCC4)C2=O)cc(OC)c1OC. The van der Waals surface area contributed by atoms with E-state index in [0.29, 0.717) is 28.4 Å². The lowest BCUT2D eigenvalue weighted by Crippen LogP contribution is -2.37. The molecule has 3 amide bonds. The van der Waals surface area contributed by atoms with Gasteiger partial charge in [0.2, 0.25) is 5.75 Å². The Balaban J connectivity index is 1.40. The van der Waals surface area contributed by atoms with Crippen molar-refractivity contribution in [3.8, 4) is 17.2 Å². The molecule has 4 rings (SSSR count). The molecule has 2 aromatic carbocycles. The van der Waals surface area contributed by atoms with E-state index in [1.54, 1.807) is 18.2 Å². The minimum Gasteiger partial charge on any atom is -0.493 e. The van der Waals surface area contributed by atoms with Crippen LogP contribution in [0.5, 0.6) is 17.2 Å². The second-order valence-corrected chi connectivity index (χ2v) is 9.23. The van der Waals surface area contributed by atoms with Crippen LogP contribution in [0.4, 0.5) is 4.79 Å². The first-order valence-corrected chi connectivity index (χ1v) is 12.2. The summed E-state index contributed by atoms with van der Waals surface area (Å²) in [7, 11) is 4.52. The van der Waals surface area contributed by atoms with Crippen LogP contribution in [0.15, 0.2) is 35.2 Å². The number of aryl methyl sites for hydroxylation is 2. The zero-order valence-corrected chi connectivity index (χ0v) is 20.8. The highest BCUT2D eigenvalue weighted by molar-refractivity contribution is 8.18. The van der Waals surface area contributed by atoms with Crippen molar-refractivity contribution < 1.29 is 28.6 Å². The Kier molecular flexibility index (Phi) is 7.65. The van der Waals surface area contributed by atoms with E-state index in [1.807, 2.05) is 18.2 Å². The first kappa shape index (κ1) is 24.7. The summed E-state index contributed by atoms with van der Waals surface area (Å²) in [5, 5.41) is 2.44. The Morgan fingerprint density at radius 2 is 1.69 bits per heavy atom. The maximum atomic E-state index is 12.9. The van der Waals surface area contributed by atoms with Crippen molar-refractivity contribution in [1.29, 1.82) is 0 Å². The van der Waals surface area contributed by atoms with Crippen molar-refractivity contribution in [2.45, 2.75) is 25.7 Å². The van der Waals surface area contributed by atoms with Crippen LogP contribution < -0.4 is 19.5 Å². The van der Waals surface area contributed by atoms with Gasteiger partial charge in [0.25, 0.3) is 17.1 Å². The van der Waals surface area contributed by atoms with Gasteiger partial charge >= 0.3 is 0 Å². The molecule has 1 aliphatic heterocycles. The molecule has 35 heavy (non-hydrogen) atoms. The van der Waals surface area contributed by atoms with Crippen LogP contribution in [0.1, 0.15) is 39.9 Å². The minimum absolute atomic E-state index is 0.0912. The number of hydrogen-bond acceptors (Lipinski definition) is 7. The van der Waals surface area contributed by atoms with Gasteiger partial charge in [-0.15, -0.1) is 0 Å². The number of nitrogens with zero attached hydrogens (tertiary/aromatic N) is 1. The number of nitrogens with one attached hydrogen (secondary N) is 1. The zero-order chi connectivity index (χ0) is 24.9. The van der Waals surface area contributed by atoms with Crippen LogP contribution in [-0.4, -0.2) is 56.4 Å². The molecule has 8 nitrogen and oxygen atoms in total. The summed E-state index contributed by atoms with van der Waals surface area (Å²) in [6, 6.07) is 9.21. The lowest BCUT2D eigenvalue weighted by Gasteiger charge is -2.17. The van der Waals surface area contributed by atoms with Gasteiger partial charge in [0, 0.05) is 18.7 Å². The van der Waals surface area contributed by atoms with E-state index >= 15 is 0 Å². The van der Waals surface area contributed by atoms with Gasteiger partial charge in [0.1, 0.15) is 0 Å². The maximum absolute atomic E-state index is 12.9. The van der Waals surface area contributed by atoms with Gasteiger partial charge in [-0.2, -0.15) is 0 Å². The van der Waals surface area contributed by atoms with Crippen molar-refractivity contribution in [3.05, 3.63) is 57.5 Å². The zero-order valence-electron chi connectivity index (χ0n) is 20.0. The van der Waals surface area contributed by atoms with E-state index in [0.717, 1.165) is 35.9 Å². The third-order valence-electron chi connectivity index (χ3n) is 6.09. The van der Waals surface area contributed by atoms with Crippen LogP contribution in [0, 0.1) is 0 Å². The Labute approximate surface area is 208 Å². The number of benzene rings is 2. The molecule has 0 bridgehead atoms. The topological polar surface area (TPSA) is 94.2 Å². The monoisotopic (exact) mass is 496 g/mol. The number of hydrogen-bond donors (Lipinski definition) is 1. The third-order valence-corrected chi connectivity index (χ3v) is 7.00. The summed E-state index contributed by atoms with van der Waals surface area (Å²) in [6.45, 7) is 0.263. The van der Waals surface area contributed by atoms with Gasteiger partial charge in [-0.3, -0.25) is 19.3 Å². The molecule has 0 atom stereocenters. The fraction of sp³-hybridized carbons (Fsp3) is 0.346. The van der Waals surface area contributed by atoms with Gasteiger partial charge in [-0.25, -0.2) is 0 Å². The number of methoxy groups -OCH3 is 3. The molecule has 2 aliphatic rings. The molecule has 0 saturated carbocycles. The fourth-order valence-corrected chi connectivity index (χ4v) is 5.15. The van der Waals surface area contributed by atoms with Crippen LogP contribution in [0.3, 0.4) is 0 Å². The molecule has 9 heteroatoms. The van der Waals surface area contributed by atoms with Gasteiger partial charge in [0.05, 0.1) is 26.2 Å². The van der Waals surface area contributed by atoms with Gasteiger partial charge in [-0.1, -0.05) is 6.07 Å². The highest BCUT2D eigenvalue weighted by Gasteiger charge is 2.34. The molecular formula is C26H28N2O6S. The molecule has 0 aromatic heterocycles. The van der Waals surface area contributed by atoms with Crippen molar-refractivity contribution in [1.82, 2.24) is 10.2 Å². The van der Waals surface area contributed by atoms with E-state index in [-0.39, 0.29) is 29.1 Å². The smallest absolute Gasteiger partial charge is 0.293 e. The molecule has 0 spiro atoms. The van der Waals surface area contributed by atoms with E-state index in [4.69, 9.17) is 14.2 Å². The second-order valence-electron chi connectivity index (χ2n) is 8.24. The molecule has 1 heterocycles. The van der Waals surface area contributed by atoms with E-state index in [9.17, 15) is 14.4 Å². The third kappa shape index (κ3) is 5.30. The Morgan fingerprint density at radius 3 is 2.34 bits per heavy atom. The van der Waals surface area contributed by atoms with Crippen molar-refractivity contribution in [2.24, 2.45) is 0 Å². The molecule has 1 aliphatic carbocycles. The molecule has 0 radical (unpaired) electrons. The van der Waals surface area contributed by atoms with E-state index < -0.39 is 5.91 Å².